The van der Waals surface area contributed by atoms with E-state index in [4.69, 9.17) is 4.52 Å². The summed E-state index contributed by atoms with van der Waals surface area (Å²) >= 11 is 1.41. The molecule has 1 N–H and O–H groups in total. The minimum atomic E-state index is -0.382. The summed E-state index contributed by atoms with van der Waals surface area (Å²) < 4.78 is 5.11. The van der Waals surface area contributed by atoms with Gasteiger partial charge in [0.25, 0.3) is 17.7 Å². The number of imide groups is 1. The zero-order valence-corrected chi connectivity index (χ0v) is 16.4. The highest BCUT2D eigenvalue weighted by Gasteiger charge is 2.32. The quantitative estimate of drug-likeness (QED) is 0.511. The van der Waals surface area contributed by atoms with E-state index in [1.54, 1.807) is 31.2 Å². The Hall–Kier alpha value is -3.46. The summed E-state index contributed by atoms with van der Waals surface area (Å²) in [6.07, 6.45) is 0. The van der Waals surface area contributed by atoms with Crippen LogP contribution in [0.5, 0.6) is 0 Å². The van der Waals surface area contributed by atoms with Crippen LogP contribution in [0.1, 0.15) is 42.8 Å². The molecule has 0 fully saturated rings. The first-order valence-electron chi connectivity index (χ1n) is 8.73. The summed E-state index contributed by atoms with van der Waals surface area (Å²) in [6, 6.07) is 11.8. The van der Waals surface area contributed by atoms with E-state index in [0.29, 0.717) is 34.3 Å². The average molecular weight is 408 g/mol. The molecule has 0 unspecified atom stereocenters. The van der Waals surface area contributed by atoms with Gasteiger partial charge in [0.15, 0.2) is 5.82 Å². The van der Waals surface area contributed by atoms with Crippen LogP contribution >= 0.6 is 11.8 Å². The first kappa shape index (κ1) is 18.9. The molecule has 0 saturated heterocycles. The molecule has 0 spiro atoms. The van der Waals surface area contributed by atoms with Crippen molar-refractivity contribution in [2.24, 2.45) is 0 Å². The molecule has 8 nitrogen and oxygen atoms in total. The number of rotatable bonds is 5. The number of aryl methyl sites for hydroxylation is 1. The highest BCUT2D eigenvalue weighted by atomic mass is 32.2. The SMILES string of the molecule is Cc1noc(CSc2ccccc2C(=O)Nc2ccc3c(c2)C(=O)N(C)C3=O)n1. The van der Waals surface area contributed by atoms with Crippen LogP contribution in [-0.2, 0) is 5.75 Å². The first-order valence-corrected chi connectivity index (χ1v) is 9.71. The van der Waals surface area contributed by atoms with Crippen LogP contribution in [0.2, 0.25) is 0 Å². The van der Waals surface area contributed by atoms with Crippen molar-refractivity contribution >= 4 is 35.2 Å². The standard InChI is InChI=1S/C20H16N4O4S/c1-11-21-17(28-23-11)10-29-16-6-4-3-5-14(16)18(25)22-12-7-8-13-15(9-12)20(27)24(2)19(13)26/h3-9H,10H2,1-2H3,(H,22,25). The van der Waals surface area contributed by atoms with Crippen molar-refractivity contribution in [2.75, 3.05) is 12.4 Å². The fourth-order valence-electron chi connectivity index (χ4n) is 2.96. The molecule has 2 heterocycles. The molecule has 9 heteroatoms. The molecule has 1 aliphatic heterocycles. The summed E-state index contributed by atoms with van der Waals surface area (Å²) in [5.41, 5.74) is 1.54. The van der Waals surface area contributed by atoms with Crippen LogP contribution in [0, 0.1) is 6.92 Å². The number of fused-ring (bicyclic) bond motifs is 1. The molecule has 146 valence electrons. The number of amides is 3. The predicted molar refractivity (Wildman–Crippen MR) is 106 cm³/mol. The Morgan fingerprint density at radius 2 is 1.90 bits per heavy atom. The van der Waals surface area contributed by atoms with E-state index in [0.717, 1.165) is 9.80 Å². The number of aromatic nitrogens is 2. The lowest BCUT2D eigenvalue weighted by molar-refractivity contribution is 0.0692. The number of thioether (sulfide) groups is 1. The maximum atomic E-state index is 12.8. The fourth-order valence-corrected chi connectivity index (χ4v) is 3.84. The van der Waals surface area contributed by atoms with E-state index < -0.39 is 0 Å². The van der Waals surface area contributed by atoms with Crippen LogP contribution in [0.4, 0.5) is 5.69 Å². The maximum Gasteiger partial charge on any atom is 0.261 e. The van der Waals surface area contributed by atoms with Crippen LogP contribution in [-0.4, -0.2) is 39.8 Å². The van der Waals surface area contributed by atoms with Crippen molar-refractivity contribution in [1.82, 2.24) is 15.0 Å². The zero-order valence-electron chi connectivity index (χ0n) is 15.6. The largest absolute Gasteiger partial charge is 0.338 e. The molecule has 0 bridgehead atoms. The third-order valence-corrected chi connectivity index (χ3v) is 5.46. The minimum Gasteiger partial charge on any atom is -0.338 e. The van der Waals surface area contributed by atoms with Crippen molar-refractivity contribution in [1.29, 1.82) is 0 Å². The summed E-state index contributed by atoms with van der Waals surface area (Å²) in [7, 11) is 1.43. The second-order valence-corrected chi connectivity index (χ2v) is 7.42. The Kier molecular flexibility index (Phi) is 4.89. The van der Waals surface area contributed by atoms with Gasteiger partial charge in [0.05, 0.1) is 22.4 Å². The van der Waals surface area contributed by atoms with Gasteiger partial charge in [-0.1, -0.05) is 17.3 Å². The second kappa shape index (κ2) is 7.51. The van der Waals surface area contributed by atoms with Gasteiger partial charge in [-0.25, -0.2) is 0 Å². The summed E-state index contributed by atoms with van der Waals surface area (Å²) in [5, 5.41) is 6.55. The van der Waals surface area contributed by atoms with Crippen LogP contribution in [0.25, 0.3) is 0 Å². The second-order valence-electron chi connectivity index (χ2n) is 6.40. The van der Waals surface area contributed by atoms with E-state index in [-0.39, 0.29) is 23.3 Å². The lowest BCUT2D eigenvalue weighted by Gasteiger charge is -2.10. The third-order valence-electron chi connectivity index (χ3n) is 4.40. The molecule has 0 saturated carbocycles. The molecule has 0 radical (unpaired) electrons. The van der Waals surface area contributed by atoms with Gasteiger partial charge >= 0.3 is 0 Å². The molecule has 29 heavy (non-hydrogen) atoms. The van der Waals surface area contributed by atoms with Crippen molar-refractivity contribution in [3.8, 4) is 0 Å². The van der Waals surface area contributed by atoms with E-state index in [2.05, 4.69) is 15.5 Å². The van der Waals surface area contributed by atoms with Crippen molar-refractivity contribution in [3.63, 3.8) is 0 Å². The molecule has 3 aromatic rings. The maximum absolute atomic E-state index is 12.8. The minimum absolute atomic E-state index is 0.282. The van der Waals surface area contributed by atoms with Gasteiger partial charge in [0, 0.05) is 17.6 Å². The zero-order chi connectivity index (χ0) is 20.5. The molecule has 1 aromatic heterocycles. The van der Waals surface area contributed by atoms with E-state index in [1.165, 1.54) is 24.9 Å². The van der Waals surface area contributed by atoms with E-state index in [1.807, 2.05) is 12.1 Å². The van der Waals surface area contributed by atoms with E-state index in [9.17, 15) is 14.4 Å². The molecular formula is C20H16N4O4S. The number of nitrogens with zero attached hydrogens (tertiary/aromatic N) is 3. The number of carbonyl (C=O) groups excluding carboxylic acids is 3. The van der Waals surface area contributed by atoms with Gasteiger partial charge in [0.2, 0.25) is 5.89 Å². The summed E-state index contributed by atoms with van der Waals surface area (Å²) in [5.74, 6) is 0.427. The smallest absolute Gasteiger partial charge is 0.261 e. The Bertz CT molecular complexity index is 1140. The van der Waals surface area contributed by atoms with Crippen molar-refractivity contribution in [3.05, 3.63) is 70.9 Å². The van der Waals surface area contributed by atoms with Gasteiger partial charge < -0.3 is 9.84 Å². The number of nitrogens with one attached hydrogen (secondary N) is 1. The fraction of sp³-hybridized carbons (Fsp3) is 0.150. The highest BCUT2D eigenvalue weighted by Crippen LogP contribution is 2.28. The number of benzene rings is 2. The van der Waals surface area contributed by atoms with Gasteiger partial charge in [0.1, 0.15) is 0 Å². The number of hydrogen-bond acceptors (Lipinski definition) is 7. The summed E-state index contributed by atoms with van der Waals surface area (Å²) in [6.45, 7) is 1.74. The van der Waals surface area contributed by atoms with Crippen molar-refractivity contribution < 1.29 is 18.9 Å². The number of hydrogen-bond donors (Lipinski definition) is 1. The Morgan fingerprint density at radius 3 is 2.66 bits per heavy atom. The van der Waals surface area contributed by atoms with Crippen LogP contribution < -0.4 is 5.32 Å². The lowest BCUT2D eigenvalue weighted by atomic mass is 10.1. The monoisotopic (exact) mass is 408 g/mol. The Labute approximate surface area is 170 Å². The highest BCUT2D eigenvalue weighted by molar-refractivity contribution is 7.98. The van der Waals surface area contributed by atoms with Gasteiger partial charge in [-0.2, -0.15) is 4.98 Å². The molecular weight excluding hydrogens is 392 g/mol. The molecule has 1 aliphatic rings. The van der Waals surface area contributed by atoms with Gasteiger partial charge in [-0.3, -0.25) is 19.3 Å². The summed E-state index contributed by atoms with van der Waals surface area (Å²) in [4.78, 5) is 42.9. The number of carbonyl (C=O) groups is 3. The van der Waals surface area contributed by atoms with E-state index >= 15 is 0 Å². The average Bonchev–Trinajstić information content (AvgIpc) is 3.23. The Balaban J connectivity index is 1.52. The van der Waals surface area contributed by atoms with Crippen LogP contribution in [0.15, 0.2) is 51.9 Å². The topological polar surface area (TPSA) is 105 Å². The molecule has 2 aromatic carbocycles. The molecule has 0 aliphatic carbocycles. The van der Waals surface area contributed by atoms with Crippen molar-refractivity contribution in [2.45, 2.75) is 17.6 Å². The molecule has 0 atom stereocenters. The molecule has 3 amide bonds. The first-order chi connectivity index (χ1) is 13.9. The number of anilines is 1. The van der Waals surface area contributed by atoms with Crippen LogP contribution in [0.3, 0.4) is 0 Å². The normalized spacial score (nSPS) is 13.0. The van der Waals surface area contributed by atoms with Gasteiger partial charge in [-0.05, 0) is 37.3 Å². The molecule has 4 rings (SSSR count). The Morgan fingerprint density at radius 1 is 1.14 bits per heavy atom. The predicted octanol–water partition coefficient (Wildman–Crippen LogP) is 3.15. The third kappa shape index (κ3) is 3.64. The lowest BCUT2D eigenvalue weighted by Crippen LogP contribution is -2.24. The van der Waals surface area contributed by atoms with Gasteiger partial charge in [-0.15, -0.1) is 11.8 Å².